The van der Waals surface area contributed by atoms with Crippen molar-refractivity contribution in [3.63, 3.8) is 0 Å². The van der Waals surface area contributed by atoms with Crippen LogP contribution in [0.2, 0.25) is 0 Å². The molecule has 0 spiro atoms. The molecule has 3 rings (SSSR count). The number of hydrogen-bond acceptors (Lipinski definition) is 3. The van der Waals surface area contributed by atoms with E-state index < -0.39 is 15.8 Å². The maximum absolute atomic E-state index is 13.2. The first-order valence-corrected chi connectivity index (χ1v) is 7.51. The molecule has 2 heterocycles. The van der Waals surface area contributed by atoms with Crippen LogP contribution in [0.3, 0.4) is 0 Å². The van der Waals surface area contributed by atoms with Crippen LogP contribution in [-0.4, -0.2) is 38.4 Å². The average molecular weight is 270 g/mol. The zero-order chi connectivity index (χ0) is 12.8. The number of sulfonamides is 1. The number of rotatable bonds is 2. The minimum atomic E-state index is -3.56. The standard InChI is InChI=1S/C12H15FN2O2S/c13-10-2-1-3-11(6-10)18(16,17)15-5-4-9-7-14-8-12(9)15/h1-3,6,9,12,14H,4-5,7-8H2/t9-,12+/m1/s1. The number of nitrogens with zero attached hydrogens (tertiary/aromatic N) is 1. The predicted molar refractivity (Wildman–Crippen MR) is 65.1 cm³/mol. The lowest BCUT2D eigenvalue weighted by molar-refractivity contribution is 0.382. The lowest BCUT2D eigenvalue weighted by Crippen LogP contribution is -2.39. The second-order valence-corrected chi connectivity index (χ2v) is 6.74. The molecule has 0 aromatic heterocycles. The number of halogens is 1. The van der Waals surface area contributed by atoms with Gasteiger partial charge >= 0.3 is 0 Å². The quantitative estimate of drug-likeness (QED) is 0.865. The monoisotopic (exact) mass is 270 g/mol. The molecular formula is C12H15FN2O2S. The fraction of sp³-hybridized carbons (Fsp3) is 0.500. The topological polar surface area (TPSA) is 49.4 Å². The molecule has 98 valence electrons. The van der Waals surface area contributed by atoms with Gasteiger partial charge in [-0.25, -0.2) is 12.8 Å². The minimum Gasteiger partial charge on any atom is -0.315 e. The van der Waals surface area contributed by atoms with E-state index >= 15 is 0 Å². The Balaban J connectivity index is 1.95. The fourth-order valence-electron chi connectivity index (χ4n) is 2.87. The molecule has 0 aliphatic carbocycles. The van der Waals surface area contributed by atoms with Crippen LogP contribution < -0.4 is 5.32 Å². The molecule has 0 bridgehead atoms. The van der Waals surface area contributed by atoms with Gasteiger partial charge in [-0.05, 0) is 37.1 Å². The smallest absolute Gasteiger partial charge is 0.243 e. The van der Waals surface area contributed by atoms with Crippen molar-refractivity contribution < 1.29 is 12.8 Å². The van der Waals surface area contributed by atoms with Gasteiger partial charge in [0.05, 0.1) is 4.90 Å². The first kappa shape index (κ1) is 12.1. The van der Waals surface area contributed by atoms with Gasteiger partial charge in [-0.2, -0.15) is 4.31 Å². The van der Waals surface area contributed by atoms with Gasteiger partial charge in [0.2, 0.25) is 10.0 Å². The molecule has 2 atom stereocenters. The highest BCUT2D eigenvalue weighted by atomic mass is 32.2. The first-order valence-electron chi connectivity index (χ1n) is 6.07. The van der Waals surface area contributed by atoms with Crippen molar-refractivity contribution in [3.05, 3.63) is 30.1 Å². The third kappa shape index (κ3) is 1.84. The van der Waals surface area contributed by atoms with E-state index in [9.17, 15) is 12.8 Å². The zero-order valence-electron chi connectivity index (χ0n) is 9.84. The number of benzene rings is 1. The van der Waals surface area contributed by atoms with Crippen molar-refractivity contribution in [2.45, 2.75) is 17.4 Å². The molecule has 0 amide bonds. The zero-order valence-corrected chi connectivity index (χ0v) is 10.7. The molecule has 2 fully saturated rings. The summed E-state index contributed by atoms with van der Waals surface area (Å²) in [5.74, 6) is -0.121. The van der Waals surface area contributed by atoms with Crippen LogP contribution in [-0.2, 0) is 10.0 Å². The van der Waals surface area contributed by atoms with Gasteiger partial charge in [-0.1, -0.05) is 6.07 Å². The van der Waals surface area contributed by atoms with E-state index in [1.54, 1.807) is 0 Å². The molecule has 0 unspecified atom stereocenters. The summed E-state index contributed by atoms with van der Waals surface area (Å²) in [6.45, 7) is 2.11. The van der Waals surface area contributed by atoms with Crippen molar-refractivity contribution in [2.75, 3.05) is 19.6 Å². The molecular weight excluding hydrogens is 255 g/mol. The maximum Gasteiger partial charge on any atom is 0.243 e. The number of fused-ring (bicyclic) bond motifs is 1. The van der Waals surface area contributed by atoms with Gasteiger partial charge in [-0.3, -0.25) is 0 Å². The first-order chi connectivity index (χ1) is 8.59. The lowest BCUT2D eigenvalue weighted by Gasteiger charge is -2.22. The third-order valence-electron chi connectivity index (χ3n) is 3.80. The molecule has 1 aromatic carbocycles. The van der Waals surface area contributed by atoms with Crippen molar-refractivity contribution >= 4 is 10.0 Å². The Kier molecular flexibility index (Phi) is 2.88. The van der Waals surface area contributed by atoms with Crippen molar-refractivity contribution in [3.8, 4) is 0 Å². The lowest BCUT2D eigenvalue weighted by atomic mass is 10.1. The van der Waals surface area contributed by atoms with Crippen LogP contribution in [0.15, 0.2) is 29.2 Å². The van der Waals surface area contributed by atoms with Gasteiger partial charge in [0, 0.05) is 19.1 Å². The second-order valence-electron chi connectivity index (χ2n) is 4.85. The summed E-state index contributed by atoms with van der Waals surface area (Å²) in [6, 6.07) is 5.25. The molecule has 1 N–H and O–H groups in total. The van der Waals surface area contributed by atoms with E-state index in [4.69, 9.17) is 0 Å². The summed E-state index contributed by atoms with van der Waals surface area (Å²) in [5.41, 5.74) is 0. The van der Waals surface area contributed by atoms with Crippen LogP contribution >= 0.6 is 0 Å². The Labute approximate surface area is 106 Å². The summed E-state index contributed by atoms with van der Waals surface area (Å²) in [4.78, 5) is 0.0510. The highest BCUT2D eigenvalue weighted by Crippen LogP contribution is 2.32. The van der Waals surface area contributed by atoms with E-state index in [0.717, 1.165) is 19.0 Å². The van der Waals surface area contributed by atoms with E-state index in [1.165, 1.54) is 22.5 Å². The van der Waals surface area contributed by atoms with Crippen LogP contribution in [0.4, 0.5) is 4.39 Å². The third-order valence-corrected chi connectivity index (χ3v) is 5.72. The Morgan fingerprint density at radius 3 is 2.94 bits per heavy atom. The summed E-state index contributed by atoms with van der Waals surface area (Å²) in [5, 5.41) is 3.21. The largest absolute Gasteiger partial charge is 0.315 e. The van der Waals surface area contributed by atoms with E-state index in [2.05, 4.69) is 5.32 Å². The van der Waals surface area contributed by atoms with Gasteiger partial charge in [-0.15, -0.1) is 0 Å². The second kappa shape index (κ2) is 4.29. The Hall–Kier alpha value is -0.980. The summed E-state index contributed by atoms with van der Waals surface area (Å²) in [7, 11) is -3.56. The van der Waals surface area contributed by atoms with Gasteiger partial charge < -0.3 is 5.32 Å². The molecule has 2 aliphatic rings. The molecule has 0 radical (unpaired) electrons. The van der Waals surface area contributed by atoms with Gasteiger partial charge in [0.1, 0.15) is 5.82 Å². The van der Waals surface area contributed by atoms with Crippen LogP contribution in [0, 0.1) is 11.7 Å². The number of hydrogen-bond donors (Lipinski definition) is 1. The summed E-state index contributed by atoms with van der Waals surface area (Å²) >= 11 is 0. The molecule has 2 saturated heterocycles. The molecule has 2 aliphatic heterocycles. The fourth-order valence-corrected chi connectivity index (χ4v) is 4.60. The van der Waals surface area contributed by atoms with Crippen LogP contribution in [0.5, 0.6) is 0 Å². The van der Waals surface area contributed by atoms with Gasteiger partial charge in [0.25, 0.3) is 0 Å². The van der Waals surface area contributed by atoms with Gasteiger partial charge in [0.15, 0.2) is 0 Å². The molecule has 4 nitrogen and oxygen atoms in total. The molecule has 0 saturated carbocycles. The Bertz CT molecular complexity index is 561. The Morgan fingerprint density at radius 2 is 2.17 bits per heavy atom. The number of nitrogens with one attached hydrogen (secondary N) is 1. The highest BCUT2D eigenvalue weighted by molar-refractivity contribution is 7.89. The molecule has 6 heteroatoms. The van der Waals surface area contributed by atoms with E-state index in [0.29, 0.717) is 19.0 Å². The average Bonchev–Trinajstić information content (AvgIpc) is 2.90. The molecule has 18 heavy (non-hydrogen) atoms. The Morgan fingerprint density at radius 1 is 1.33 bits per heavy atom. The molecule has 1 aromatic rings. The van der Waals surface area contributed by atoms with Crippen molar-refractivity contribution in [1.82, 2.24) is 9.62 Å². The van der Waals surface area contributed by atoms with Crippen LogP contribution in [0.1, 0.15) is 6.42 Å². The van der Waals surface area contributed by atoms with E-state index in [1.807, 2.05) is 0 Å². The summed E-state index contributed by atoms with van der Waals surface area (Å²) < 4.78 is 39.6. The maximum atomic E-state index is 13.2. The van der Waals surface area contributed by atoms with Crippen LogP contribution in [0.25, 0.3) is 0 Å². The minimum absolute atomic E-state index is 0.0262. The normalized spacial score (nSPS) is 28.5. The highest BCUT2D eigenvalue weighted by Gasteiger charge is 2.43. The SMILES string of the molecule is O=S(=O)(c1cccc(F)c1)N1CC[C@@H]2CNC[C@@H]21. The van der Waals surface area contributed by atoms with Crippen molar-refractivity contribution in [1.29, 1.82) is 0 Å². The van der Waals surface area contributed by atoms with Crippen molar-refractivity contribution in [2.24, 2.45) is 5.92 Å². The van der Waals surface area contributed by atoms with E-state index in [-0.39, 0.29) is 10.9 Å². The summed E-state index contributed by atoms with van der Waals surface area (Å²) in [6.07, 6.45) is 0.881. The predicted octanol–water partition coefficient (Wildman–Crippen LogP) is 0.808.